The molecule has 0 amide bonds. The van der Waals surface area contributed by atoms with E-state index in [4.69, 9.17) is 4.52 Å². The van der Waals surface area contributed by atoms with Crippen molar-refractivity contribution in [3.63, 3.8) is 0 Å². The van der Waals surface area contributed by atoms with E-state index in [2.05, 4.69) is 10.1 Å². The summed E-state index contributed by atoms with van der Waals surface area (Å²) < 4.78 is 42.8. The number of halogens is 3. The van der Waals surface area contributed by atoms with Crippen LogP contribution in [0.3, 0.4) is 0 Å². The molecule has 1 N–H and O–H groups in total. The van der Waals surface area contributed by atoms with Crippen LogP contribution < -0.4 is 0 Å². The van der Waals surface area contributed by atoms with Gasteiger partial charge in [0, 0.05) is 12.1 Å². The number of benzene rings is 1. The molecule has 1 fully saturated rings. The first-order valence-corrected chi connectivity index (χ1v) is 7.70. The summed E-state index contributed by atoms with van der Waals surface area (Å²) >= 11 is 0. The molecular weight excluding hydrogens is 323 g/mol. The molecule has 1 unspecified atom stereocenters. The maximum Gasteiger partial charge on any atom is 0.416 e. The van der Waals surface area contributed by atoms with Gasteiger partial charge in [-0.1, -0.05) is 17.3 Å². The van der Waals surface area contributed by atoms with E-state index >= 15 is 0 Å². The molecule has 2 aromatic rings. The average molecular weight is 341 g/mol. The zero-order chi connectivity index (χ0) is 17.3. The third-order valence-corrected chi connectivity index (χ3v) is 4.01. The summed E-state index contributed by atoms with van der Waals surface area (Å²) in [6.07, 6.45) is -2.60. The van der Waals surface area contributed by atoms with E-state index in [0.717, 1.165) is 25.0 Å². The first-order valence-electron chi connectivity index (χ1n) is 7.70. The Labute approximate surface area is 137 Å². The van der Waals surface area contributed by atoms with Crippen molar-refractivity contribution in [2.75, 3.05) is 13.6 Å². The minimum atomic E-state index is -4.37. The van der Waals surface area contributed by atoms with Crippen molar-refractivity contribution in [2.24, 2.45) is 5.92 Å². The van der Waals surface area contributed by atoms with Gasteiger partial charge in [-0.05, 0) is 37.9 Å². The second kappa shape index (κ2) is 6.52. The van der Waals surface area contributed by atoms with Crippen LogP contribution in [0, 0.1) is 5.92 Å². The van der Waals surface area contributed by atoms with Gasteiger partial charge in [-0.2, -0.15) is 18.2 Å². The number of hydrogen-bond donors (Lipinski definition) is 1. The molecule has 130 valence electrons. The highest BCUT2D eigenvalue weighted by atomic mass is 19.4. The summed E-state index contributed by atoms with van der Waals surface area (Å²) in [4.78, 5) is 6.08. The van der Waals surface area contributed by atoms with Crippen molar-refractivity contribution in [1.29, 1.82) is 0 Å². The van der Waals surface area contributed by atoms with Crippen LogP contribution >= 0.6 is 0 Å². The highest BCUT2D eigenvalue weighted by molar-refractivity contribution is 5.54. The van der Waals surface area contributed by atoms with E-state index in [9.17, 15) is 18.3 Å². The maximum absolute atomic E-state index is 12.6. The molecule has 24 heavy (non-hydrogen) atoms. The highest BCUT2D eigenvalue weighted by Crippen LogP contribution is 2.33. The minimum Gasteiger partial charge on any atom is -0.392 e. The fourth-order valence-corrected chi connectivity index (χ4v) is 2.49. The van der Waals surface area contributed by atoms with Crippen LogP contribution in [0.15, 0.2) is 28.8 Å². The number of alkyl halides is 3. The van der Waals surface area contributed by atoms with Crippen LogP contribution in [0.2, 0.25) is 0 Å². The molecule has 1 atom stereocenters. The zero-order valence-corrected chi connectivity index (χ0v) is 13.1. The topological polar surface area (TPSA) is 62.4 Å². The van der Waals surface area contributed by atoms with Crippen molar-refractivity contribution in [1.82, 2.24) is 15.0 Å². The lowest BCUT2D eigenvalue weighted by molar-refractivity contribution is -0.137. The molecule has 0 aliphatic heterocycles. The fourth-order valence-electron chi connectivity index (χ4n) is 2.49. The molecule has 1 saturated carbocycles. The largest absolute Gasteiger partial charge is 0.416 e. The van der Waals surface area contributed by atoms with E-state index in [1.54, 1.807) is 0 Å². The van der Waals surface area contributed by atoms with Crippen molar-refractivity contribution >= 4 is 0 Å². The quantitative estimate of drug-likeness (QED) is 0.875. The molecule has 3 rings (SSSR count). The predicted octanol–water partition coefficient (Wildman–Crippen LogP) is 2.96. The number of aliphatic hydroxyl groups excluding tert-OH is 1. The summed E-state index contributed by atoms with van der Waals surface area (Å²) in [6, 6.07) is 4.61. The second-order valence-corrected chi connectivity index (χ2v) is 6.19. The predicted molar refractivity (Wildman–Crippen MR) is 79.8 cm³/mol. The molecule has 0 bridgehead atoms. The number of rotatable bonds is 6. The van der Waals surface area contributed by atoms with Gasteiger partial charge in [-0.25, -0.2) is 0 Å². The number of likely N-dealkylation sites (N-methyl/N-ethyl adjacent to an activating group) is 1. The SMILES string of the molecule is CN(Cc1nc(-c2ccc(C(F)(F)F)cc2)no1)CC(O)C1CC1. The fraction of sp³-hybridized carbons (Fsp3) is 0.500. The van der Waals surface area contributed by atoms with Crippen LogP contribution in [0.4, 0.5) is 13.2 Å². The highest BCUT2D eigenvalue weighted by Gasteiger charge is 2.31. The van der Waals surface area contributed by atoms with Crippen LogP contribution in [0.5, 0.6) is 0 Å². The van der Waals surface area contributed by atoms with E-state index in [-0.39, 0.29) is 11.9 Å². The third-order valence-electron chi connectivity index (χ3n) is 4.01. The maximum atomic E-state index is 12.6. The Kier molecular flexibility index (Phi) is 4.60. The van der Waals surface area contributed by atoms with E-state index < -0.39 is 11.7 Å². The van der Waals surface area contributed by atoms with E-state index in [1.165, 1.54) is 12.1 Å². The Bertz CT molecular complexity index is 681. The molecule has 1 aromatic heterocycles. The van der Waals surface area contributed by atoms with Crippen molar-refractivity contribution in [2.45, 2.75) is 31.7 Å². The molecule has 1 aliphatic rings. The molecule has 0 saturated heterocycles. The molecule has 1 aromatic carbocycles. The van der Waals surface area contributed by atoms with Gasteiger partial charge in [0.2, 0.25) is 11.7 Å². The van der Waals surface area contributed by atoms with Crippen molar-refractivity contribution < 1.29 is 22.8 Å². The third kappa shape index (κ3) is 4.12. The van der Waals surface area contributed by atoms with Gasteiger partial charge < -0.3 is 9.63 Å². The van der Waals surface area contributed by atoms with Crippen molar-refractivity contribution in [3.8, 4) is 11.4 Å². The molecule has 0 spiro atoms. The molecule has 1 aliphatic carbocycles. The molecule has 1 heterocycles. The van der Waals surface area contributed by atoms with Crippen LogP contribution in [0.1, 0.15) is 24.3 Å². The average Bonchev–Trinajstić information content (AvgIpc) is 3.27. The van der Waals surface area contributed by atoms with Gasteiger partial charge >= 0.3 is 6.18 Å². The van der Waals surface area contributed by atoms with Crippen LogP contribution in [-0.4, -0.2) is 39.8 Å². The molecule has 0 radical (unpaired) electrons. The lowest BCUT2D eigenvalue weighted by Crippen LogP contribution is -2.30. The van der Waals surface area contributed by atoms with Gasteiger partial charge in [0.1, 0.15) is 0 Å². The zero-order valence-electron chi connectivity index (χ0n) is 13.1. The Morgan fingerprint density at radius 2 is 1.96 bits per heavy atom. The Hall–Kier alpha value is -1.93. The van der Waals surface area contributed by atoms with Gasteiger partial charge in [0.05, 0.1) is 18.2 Å². The molecule has 8 heteroatoms. The number of aromatic nitrogens is 2. The smallest absolute Gasteiger partial charge is 0.392 e. The van der Waals surface area contributed by atoms with Gasteiger partial charge in [-0.3, -0.25) is 4.90 Å². The van der Waals surface area contributed by atoms with E-state index in [0.29, 0.717) is 30.5 Å². The second-order valence-electron chi connectivity index (χ2n) is 6.19. The van der Waals surface area contributed by atoms with Crippen LogP contribution in [-0.2, 0) is 12.7 Å². The summed E-state index contributed by atoms with van der Waals surface area (Å²) in [5, 5.41) is 13.7. The first-order chi connectivity index (χ1) is 11.3. The Morgan fingerprint density at radius 3 is 2.54 bits per heavy atom. The normalized spacial score (nSPS) is 16.6. The number of nitrogens with zero attached hydrogens (tertiary/aromatic N) is 3. The monoisotopic (exact) mass is 341 g/mol. The van der Waals surface area contributed by atoms with Gasteiger partial charge in [0.25, 0.3) is 0 Å². The lowest BCUT2D eigenvalue weighted by atomic mass is 10.1. The lowest BCUT2D eigenvalue weighted by Gasteiger charge is -2.18. The standard InChI is InChI=1S/C16H18F3N3O2/c1-22(8-13(23)10-2-3-10)9-14-20-15(21-24-14)11-4-6-12(7-5-11)16(17,18)19/h4-7,10,13,23H,2-3,8-9H2,1H3. The summed E-state index contributed by atoms with van der Waals surface area (Å²) in [7, 11) is 1.84. The number of aliphatic hydroxyl groups is 1. The molecular formula is C16H18F3N3O2. The minimum absolute atomic E-state index is 0.245. The number of hydrogen-bond acceptors (Lipinski definition) is 5. The Morgan fingerprint density at radius 1 is 1.29 bits per heavy atom. The van der Waals surface area contributed by atoms with Gasteiger partial charge in [0.15, 0.2) is 0 Å². The van der Waals surface area contributed by atoms with E-state index in [1.807, 2.05) is 11.9 Å². The Balaban J connectivity index is 1.62. The van der Waals surface area contributed by atoms with Gasteiger partial charge in [-0.15, -0.1) is 0 Å². The van der Waals surface area contributed by atoms with Crippen molar-refractivity contribution in [3.05, 3.63) is 35.7 Å². The van der Waals surface area contributed by atoms with Crippen LogP contribution in [0.25, 0.3) is 11.4 Å². The summed E-state index contributed by atoms with van der Waals surface area (Å²) in [5.74, 6) is 0.989. The molecule has 5 nitrogen and oxygen atoms in total. The first kappa shape index (κ1) is 16.9. The summed E-state index contributed by atoms with van der Waals surface area (Å²) in [5.41, 5.74) is -0.262. The summed E-state index contributed by atoms with van der Waals surface area (Å²) in [6.45, 7) is 0.889.